The number of aromatic nitrogens is 5. The van der Waals surface area contributed by atoms with Gasteiger partial charge in [0.25, 0.3) is 5.91 Å². The van der Waals surface area contributed by atoms with Crippen LogP contribution in [0.3, 0.4) is 0 Å². The summed E-state index contributed by atoms with van der Waals surface area (Å²) in [6.45, 7) is 5.25. The Morgan fingerprint density at radius 2 is 2.23 bits per heavy atom. The van der Waals surface area contributed by atoms with Crippen LogP contribution in [-0.2, 0) is 6.42 Å². The molecule has 1 aliphatic rings. The number of nitrogens with zero attached hydrogens (tertiary/aromatic N) is 5. The van der Waals surface area contributed by atoms with Gasteiger partial charge in [0.15, 0.2) is 0 Å². The molecule has 0 saturated carbocycles. The Bertz CT molecular complexity index is 881. The van der Waals surface area contributed by atoms with Gasteiger partial charge in [-0.25, -0.2) is 0 Å². The Labute approximate surface area is 150 Å². The minimum absolute atomic E-state index is 0.00448. The average Bonchev–Trinajstić information content (AvgIpc) is 3.38. The summed E-state index contributed by atoms with van der Waals surface area (Å²) in [7, 11) is 0. The summed E-state index contributed by atoms with van der Waals surface area (Å²) in [6.07, 6.45) is 6.94. The molecule has 26 heavy (non-hydrogen) atoms. The summed E-state index contributed by atoms with van der Waals surface area (Å²) in [4.78, 5) is 23.3. The molecule has 8 nitrogen and oxygen atoms in total. The fourth-order valence-electron chi connectivity index (χ4n) is 3.46. The second-order valence-corrected chi connectivity index (χ2v) is 6.67. The van der Waals surface area contributed by atoms with E-state index in [-0.39, 0.29) is 5.91 Å². The molecule has 1 fully saturated rings. The van der Waals surface area contributed by atoms with Crippen LogP contribution in [0.1, 0.15) is 34.1 Å². The number of nitrogens with one attached hydrogen (secondary N) is 1. The molecule has 1 aliphatic heterocycles. The summed E-state index contributed by atoms with van der Waals surface area (Å²) in [5, 5.41) is 10.5. The van der Waals surface area contributed by atoms with Gasteiger partial charge in [-0.2, -0.15) is 5.10 Å². The molecule has 0 aliphatic carbocycles. The largest absolute Gasteiger partial charge is 0.361 e. The van der Waals surface area contributed by atoms with Gasteiger partial charge in [-0.05, 0) is 38.7 Å². The molecule has 4 heterocycles. The van der Waals surface area contributed by atoms with Gasteiger partial charge in [-0.1, -0.05) is 5.16 Å². The summed E-state index contributed by atoms with van der Waals surface area (Å²) in [6, 6.07) is 1.70. The molecule has 1 amide bonds. The maximum Gasteiger partial charge on any atom is 0.271 e. The molecule has 3 aromatic rings. The zero-order valence-corrected chi connectivity index (χ0v) is 14.8. The molecule has 3 aromatic heterocycles. The van der Waals surface area contributed by atoms with E-state index in [9.17, 15) is 4.79 Å². The topological polar surface area (TPSA) is 101 Å². The number of rotatable bonds is 4. The molecule has 0 bridgehead atoms. The van der Waals surface area contributed by atoms with Crippen molar-refractivity contribution in [2.24, 2.45) is 5.92 Å². The molecule has 0 radical (unpaired) electrons. The molecule has 8 heteroatoms. The number of carbonyl (C=O) groups excluding carboxylic acids is 1. The first-order chi connectivity index (χ1) is 12.6. The highest BCUT2D eigenvalue weighted by Crippen LogP contribution is 2.25. The van der Waals surface area contributed by atoms with Crippen molar-refractivity contribution in [3.63, 3.8) is 0 Å². The van der Waals surface area contributed by atoms with Crippen LogP contribution in [-0.4, -0.2) is 49.2 Å². The number of aromatic amines is 1. The van der Waals surface area contributed by atoms with E-state index in [1.807, 2.05) is 18.7 Å². The van der Waals surface area contributed by atoms with Crippen LogP contribution in [0.15, 0.2) is 29.2 Å². The lowest BCUT2D eigenvalue weighted by Crippen LogP contribution is -2.29. The van der Waals surface area contributed by atoms with Crippen LogP contribution in [0.25, 0.3) is 11.3 Å². The smallest absolute Gasteiger partial charge is 0.271 e. The zero-order chi connectivity index (χ0) is 18.1. The summed E-state index contributed by atoms with van der Waals surface area (Å²) >= 11 is 0. The van der Waals surface area contributed by atoms with Crippen molar-refractivity contribution < 1.29 is 9.32 Å². The van der Waals surface area contributed by atoms with Gasteiger partial charge in [-0.15, -0.1) is 0 Å². The van der Waals surface area contributed by atoms with Crippen molar-refractivity contribution in [3.05, 3.63) is 47.5 Å². The number of H-pyrrole nitrogens is 1. The van der Waals surface area contributed by atoms with E-state index < -0.39 is 0 Å². The van der Waals surface area contributed by atoms with Gasteiger partial charge < -0.3 is 9.42 Å². The molecule has 1 N–H and O–H groups in total. The summed E-state index contributed by atoms with van der Waals surface area (Å²) in [5.74, 6) is 1.14. The van der Waals surface area contributed by atoms with Crippen LogP contribution in [0.5, 0.6) is 0 Å². The standard InChI is InChI=1S/C18H20N6O2/c1-11-17(12(2)26-23-11)16-9-19-14(8-20-16)7-13-4-6-24(10-13)18(25)15-3-5-21-22-15/h3,5,8-9,13H,4,6-7,10H2,1-2H3,(H,21,22)/t13-/m0/s1. The van der Waals surface area contributed by atoms with Crippen molar-refractivity contribution in [1.82, 2.24) is 30.2 Å². The summed E-state index contributed by atoms with van der Waals surface area (Å²) in [5.41, 5.74) is 3.96. The average molecular weight is 352 g/mol. The second-order valence-electron chi connectivity index (χ2n) is 6.67. The highest BCUT2D eigenvalue weighted by molar-refractivity contribution is 5.92. The predicted octanol–water partition coefficient (Wildman–Crippen LogP) is 2.18. The maximum atomic E-state index is 12.4. The number of carbonyl (C=O) groups is 1. The number of amides is 1. The van der Waals surface area contributed by atoms with E-state index >= 15 is 0 Å². The van der Waals surface area contributed by atoms with Crippen molar-refractivity contribution >= 4 is 5.91 Å². The maximum absolute atomic E-state index is 12.4. The van der Waals surface area contributed by atoms with Crippen LogP contribution in [0, 0.1) is 19.8 Å². The van der Waals surface area contributed by atoms with Crippen LogP contribution in [0.2, 0.25) is 0 Å². The van der Waals surface area contributed by atoms with E-state index in [1.54, 1.807) is 24.7 Å². The van der Waals surface area contributed by atoms with E-state index in [2.05, 4.69) is 25.3 Å². The monoisotopic (exact) mass is 352 g/mol. The highest BCUT2D eigenvalue weighted by atomic mass is 16.5. The van der Waals surface area contributed by atoms with Gasteiger partial charge in [0, 0.05) is 25.5 Å². The third kappa shape index (κ3) is 3.10. The Morgan fingerprint density at radius 3 is 2.88 bits per heavy atom. The molecular weight excluding hydrogens is 332 g/mol. The predicted molar refractivity (Wildman–Crippen MR) is 93.3 cm³/mol. The van der Waals surface area contributed by atoms with E-state index in [1.165, 1.54) is 0 Å². The number of likely N-dealkylation sites (tertiary alicyclic amines) is 1. The second kappa shape index (κ2) is 6.70. The van der Waals surface area contributed by atoms with Gasteiger partial charge >= 0.3 is 0 Å². The number of aryl methyl sites for hydroxylation is 2. The Kier molecular flexibility index (Phi) is 4.24. The van der Waals surface area contributed by atoms with Crippen LogP contribution < -0.4 is 0 Å². The molecule has 0 unspecified atom stereocenters. The first-order valence-electron chi connectivity index (χ1n) is 8.64. The summed E-state index contributed by atoms with van der Waals surface area (Å²) < 4.78 is 5.19. The third-order valence-electron chi connectivity index (χ3n) is 4.80. The molecule has 1 saturated heterocycles. The lowest BCUT2D eigenvalue weighted by atomic mass is 10.0. The first kappa shape index (κ1) is 16.4. The molecule has 1 atom stereocenters. The zero-order valence-electron chi connectivity index (χ0n) is 14.8. The first-order valence-corrected chi connectivity index (χ1v) is 8.64. The minimum Gasteiger partial charge on any atom is -0.361 e. The molecule has 4 rings (SSSR count). The number of hydrogen-bond donors (Lipinski definition) is 1. The molecule has 0 spiro atoms. The Morgan fingerprint density at radius 1 is 1.35 bits per heavy atom. The van der Waals surface area contributed by atoms with Crippen molar-refractivity contribution in [2.45, 2.75) is 26.7 Å². The molecule has 134 valence electrons. The molecular formula is C18H20N6O2. The highest BCUT2D eigenvalue weighted by Gasteiger charge is 2.28. The van der Waals surface area contributed by atoms with Crippen molar-refractivity contribution in [3.8, 4) is 11.3 Å². The van der Waals surface area contributed by atoms with Crippen molar-refractivity contribution in [1.29, 1.82) is 0 Å². The van der Waals surface area contributed by atoms with E-state index in [4.69, 9.17) is 4.52 Å². The normalized spacial score (nSPS) is 17.0. The van der Waals surface area contributed by atoms with Gasteiger partial charge in [-0.3, -0.25) is 19.9 Å². The van der Waals surface area contributed by atoms with Crippen LogP contribution in [0.4, 0.5) is 0 Å². The fourth-order valence-corrected chi connectivity index (χ4v) is 3.46. The quantitative estimate of drug-likeness (QED) is 0.772. The lowest BCUT2D eigenvalue weighted by molar-refractivity contribution is 0.0781. The number of hydrogen-bond acceptors (Lipinski definition) is 6. The minimum atomic E-state index is 0.00448. The van der Waals surface area contributed by atoms with Gasteiger partial charge in [0.05, 0.1) is 28.8 Å². The fraction of sp³-hybridized carbons (Fsp3) is 0.389. The Balaban J connectivity index is 1.40. The Hall–Kier alpha value is -3.03. The van der Waals surface area contributed by atoms with Crippen LogP contribution >= 0.6 is 0 Å². The lowest BCUT2D eigenvalue weighted by Gasteiger charge is -2.15. The van der Waals surface area contributed by atoms with E-state index in [0.29, 0.717) is 11.6 Å². The van der Waals surface area contributed by atoms with E-state index in [0.717, 1.165) is 54.3 Å². The van der Waals surface area contributed by atoms with Crippen molar-refractivity contribution in [2.75, 3.05) is 13.1 Å². The third-order valence-corrected chi connectivity index (χ3v) is 4.80. The molecule has 0 aromatic carbocycles. The SMILES string of the molecule is Cc1noc(C)c1-c1cnc(C[C@@H]2CCN(C(=O)c3ccn[nH]3)C2)cn1. The van der Waals surface area contributed by atoms with Gasteiger partial charge in [0.2, 0.25) is 0 Å². The van der Waals surface area contributed by atoms with Gasteiger partial charge in [0.1, 0.15) is 11.5 Å².